The van der Waals surface area contributed by atoms with Gasteiger partial charge in [0, 0.05) is 19.0 Å². The quantitative estimate of drug-likeness (QED) is 0.730. The van der Waals surface area contributed by atoms with Crippen LogP contribution in [0.4, 0.5) is 0 Å². The maximum Gasteiger partial charge on any atom is 0.267 e. The first kappa shape index (κ1) is 19.6. The molecule has 2 aliphatic heterocycles. The molecule has 0 aromatic heterocycles. The van der Waals surface area contributed by atoms with Crippen LogP contribution in [0.5, 0.6) is 0 Å². The van der Waals surface area contributed by atoms with E-state index in [1.54, 1.807) is 0 Å². The lowest BCUT2D eigenvalue weighted by Gasteiger charge is -2.12. The van der Waals surface area contributed by atoms with Crippen LogP contribution in [0.1, 0.15) is 38.8 Å². The Bertz CT molecular complexity index is 630. The molecule has 0 spiro atoms. The number of ketones is 1. The van der Waals surface area contributed by atoms with Gasteiger partial charge in [0.1, 0.15) is 18.2 Å². The number of carbonyl (C=O) groups excluding carboxylic acids is 2. The molecule has 1 amide bonds. The molecule has 0 atom stereocenters. The number of carbonyl (C=O) groups is 2. The predicted molar refractivity (Wildman–Crippen MR) is 99.0 cm³/mol. The molecule has 24 heavy (non-hydrogen) atoms. The van der Waals surface area contributed by atoms with Gasteiger partial charge in [-0.3, -0.25) is 9.59 Å². The molecule has 1 aromatic rings. The lowest BCUT2D eigenvalue weighted by Crippen LogP contribution is -2.22. The predicted octanol–water partition coefficient (Wildman–Crippen LogP) is 3.72. The molecule has 1 aliphatic carbocycles. The average molecular weight is 326 g/mol. The lowest BCUT2D eigenvalue weighted by atomic mass is 10.1. The van der Waals surface area contributed by atoms with Crippen molar-refractivity contribution in [2.45, 2.75) is 40.5 Å². The average Bonchev–Trinajstić information content (AvgIpc) is 3.19. The van der Waals surface area contributed by atoms with Gasteiger partial charge in [-0.25, -0.2) is 0 Å². The van der Waals surface area contributed by atoms with Crippen molar-refractivity contribution in [1.29, 1.82) is 0 Å². The summed E-state index contributed by atoms with van der Waals surface area (Å²) in [5.41, 5.74) is 2.43. The Kier molecular flexibility index (Phi) is 8.41. The molecule has 0 N–H and O–H groups in total. The van der Waals surface area contributed by atoms with Gasteiger partial charge in [0.15, 0.2) is 0 Å². The summed E-state index contributed by atoms with van der Waals surface area (Å²) in [6.45, 7) is 8.40. The zero-order valence-electron chi connectivity index (χ0n) is 15.0. The fourth-order valence-corrected chi connectivity index (χ4v) is 2.40. The summed E-state index contributed by atoms with van der Waals surface area (Å²) in [5, 5.41) is 0. The van der Waals surface area contributed by atoms with Gasteiger partial charge in [-0.15, -0.1) is 0 Å². The van der Waals surface area contributed by atoms with Gasteiger partial charge in [0.05, 0.1) is 0 Å². The molecule has 3 aliphatic rings. The second-order valence-electron chi connectivity index (χ2n) is 4.85. The third-order valence-corrected chi connectivity index (χ3v) is 3.36. The van der Waals surface area contributed by atoms with Gasteiger partial charge in [-0.05, 0) is 23.3 Å². The van der Waals surface area contributed by atoms with Crippen LogP contribution in [-0.4, -0.2) is 29.0 Å². The number of hydrogen-bond donors (Lipinski definition) is 0. The van der Waals surface area contributed by atoms with E-state index in [2.05, 4.69) is 4.99 Å². The summed E-state index contributed by atoms with van der Waals surface area (Å²) in [6, 6.07) is 8.02. The van der Waals surface area contributed by atoms with E-state index in [0.29, 0.717) is 25.2 Å². The van der Waals surface area contributed by atoms with Crippen molar-refractivity contribution in [1.82, 2.24) is 4.90 Å². The van der Waals surface area contributed by atoms with Crippen molar-refractivity contribution in [2.24, 2.45) is 4.99 Å². The van der Waals surface area contributed by atoms with E-state index in [0.717, 1.165) is 5.84 Å². The summed E-state index contributed by atoms with van der Waals surface area (Å²) in [7, 11) is 0. The monoisotopic (exact) mass is 326 g/mol. The van der Waals surface area contributed by atoms with Gasteiger partial charge in [0.2, 0.25) is 0 Å². The second kappa shape index (κ2) is 10.3. The van der Waals surface area contributed by atoms with Gasteiger partial charge >= 0.3 is 0 Å². The van der Waals surface area contributed by atoms with Crippen LogP contribution in [0.25, 0.3) is 0 Å². The minimum atomic E-state index is -0.0637. The summed E-state index contributed by atoms with van der Waals surface area (Å²) in [4.78, 5) is 27.2. The molecule has 0 unspecified atom stereocenters. The van der Waals surface area contributed by atoms with Crippen LogP contribution >= 0.6 is 0 Å². The Morgan fingerprint density at radius 1 is 0.917 bits per heavy atom. The summed E-state index contributed by atoms with van der Waals surface area (Å²) < 4.78 is 0. The third kappa shape index (κ3) is 5.30. The standard InChI is InChI=1S/C9H8O.C7H6N2O.2C2H6/c10-9-5-7-3-1-2-4-8(7)6-9;10-7-5-9-4-2-1-3-6(9)8-7;2*1-2/h1-4H,5-6H2;1-4H,5H2;2*1-2H3. The molecule has 1 aromatic carbocycles. The number of nitrogens with zero attached hydrogens (tertiary/aromatic N) is 2. The molecule has 4 nitrogen and oxygen atoms in total. The fraction of sp³-hybridized carbons (Fsp3) is 0.350. The van der Waals surface area contributed by atoms with Crippen LogP contribution in [0.2, 0.25) is 0 Å². The smallest absolute Gasteiger partial charge is 0.267 e. The molecule has 128 valence electrons. The zero-order chi connectivity index (χ0) is 17.9. The van der Waals surface area contributed by atoms with Crippen LogP contribution in [-0.2, 0) is 22.4 Å². The Morgan fingerprint density at radius 2 is 1.50 bits per heavy atom. The van der Waals surface area contributed by atoms with Crippen LogP contribution in [0.15, 0.2) is 53.7 Å². The van der Waals surface area contributed by atoms with E-state index >= 15 is 0 Å². The summed E-state index contributed by atoms with van der Waals surface area (Å²) >= 11 is 0. The number of aliphatic imine (C=N–C) groups is 1. The minimum absolute atomic E-state index is 0.0637. The molecule has 0 bridgehead atoms. The Hall–Kier alpha value is -2.49. The van der Waals surface area contributed by atoms with E-state index in [9.17, 15) is 9.59 Å². The first-order valence-corrected chi connectivity index (χ1v) is 8.54. The highest BCUT2D eigenvalue weighted by atomic mass is 16.2. The number of Topliss-reactive ketones (excluding diaryl/α,β-unsaturated/α-hetero) is 1. The largest absolute Gasteiger partial charge is 0.323 e. The van der Waals surface area contributed by atoms with E-state index in [1.807, 2.05) is 81.3 Å². The highest BCUT2D eigenvalue weighted by molar-refractivity contribution is 6.08. The third-order valence-electron chi connectivity index (χ3n) is 3.36. The number of hydrogen-bond acceptors (Lipinski definition) is 3. The Balaban J connectivity index is 0.000000199. The molecule has 2 heterocycles. The van der Waals surface area contributed by atoms with Crippen LogP contribution in [0, 0.1) is 0 Å². The van der Waals surface area contributed by atoms with Gasteiger partial charge in [-0.2, -0.15) is 4.99 Å². The zero-order valence-corrected chi connectivity index (χ0v) is 15.0. The molecule has 4 heteroatoms. The van der Waals surface area contributed by atoms with Gasteiger partial charge < -0.3 is 4.90 Å². The van der Waals surface area contributed by atoms with Crippen LogP contribution < -0.4 is 0 Å². The SMILES string of the molecule is CC.CC.O=C1CN2C=CC=CC2=N1.O=C1Cc2ccccc2C1. The molecule has 0 fully saturated rings. The summed E-state index contributed by atoms with van der Waals surface area (Å²) in [5.74, 6) is 1.04. The minimum Gasteiger partial charge on any atom is -0.323 e. The van der Waals surface area contributed by atoms with Crippen molar-refractivity contribution in [3.8, 4) is 0 Å². The van der Waals surface area contributed by atoms with Crippen molar-refractivity contribution in [3.05, 3.63) is 59.8 Å². The van der Waals surface area contributed by atoms with Crippen molar-refractivity contribution in [3.63, 3.8) is 0 Å². The fourth-order valence-electron chi connectivity index (χ4n) is 2.40. The van der Waals surface area contributed by atoms with E-state index in [-0.39, 0.29) is 5.91 Å². The topological polar surface area (TPSA) is 49.7 Å². The number of benzene rings is 1. The molecular formula is C20H26N2O2. The van der Waals surface area contributed by atoms with Crippen LogP contribution in [0.3, 0.4) is 0 Å². The number of amidine groups is 1. The number of allylic oxidation sites excluding steroid dienone is 2. The first-order valence-electron chi connectivity index (χ1n) is 8.54. The van der Waals surface area contributed by atoms with Gasteiger partial charge in [0.25, 0.3) is 5.91 Å². The number of rotatable bonds is 0. The van der Waals surface area contributed by atoms with E-state index in [4.69, 9.17) is 0 Å². The highest BCUT2D eigenvalue weighted by Crippen LogP contribution is 2.17. The summed E-state index contributed by atoms with van der Waals surface area (Å²) in [6.07, 6.45) is 8.73. The lowest BCUT2D eigenvalue weighted by molar-refractivity contribution is -0.117. The van der Waals surface area contributed by atoms with Gasteiger partial charge in [-0.1, -0.05) is 58.0 Å². The number of fused-ring (bicyclic) bond motifs is 2. The van der Waals surface area contributed by atoms with E-state index in [1.165, 1.54) is 11.1 Å². The molecule has 4 rings (SSSR count). The number of amides is 1. The second-order valence-corrected chi connectivity index (χ2v) is 4.85. The highest BCUT2D eigenvalue weighted by Gasteiger charge is 2.19. The molecule has 0 saturated carbocycles. The normalized spacial score (nSPS) is 15.8. The van der Waals surface area contributed by atoms with Crippen molar-refractivity contribution >= 4 is 17.5 Å². The van der Waals surface area contributed by atoms with E-state index < -0.39 is 0 Å². The first-order chi connectivity index (χ1) is 11.7. The van der Waals surface area contributed by atoms with Crippen molar-refractivity contribution < 1.29 is 9.59 Å². The molecule has 0 saturated heterocycles. The van der Waals surface area contributed by atoms with Crippen molar-refractivity contribution in [2.75, 3.05) is 6.54 Å². The molecule has 0 radical (unpaired) electrons. The maximum atomic E-state index is 10.9. The molecular weight excluding hydrogens is 300 g/mol. The Labute approximate surface area is 144 Å². The maximum absolute atomic E-state index is 10.9. The Morgan fingerprint density at radius 3 is 2.04 bits per heavy atom.